The van der Waals surface area contributed by atoms with Gasteiger partial charge >= 0.3 is 0 Å². The molecule has 1 N–H and O–H groups in total. The van der Waals surface area contributed by atoms with Crippen molar-refractivity contribution in [3.63, 3.8) is 0 Å². The molecule has 0 bridgehead atoms. The number of nitriles is 1. The highest BCUT2D eigenvalue weighted by Crippen LogP contribution is 2.41. The number of rotatable bonds is 6. The van der Waals surface area contributed by atoms with Crippen LogP contribution in [-0.4, -0.2) is 5.54 Å². The molecular formula is C25H38FN3. The minimum absolute atomic E-state index is 0.106. The third kappa shape index (κ3) is 6.35. The summed E-state index contributed by atoms with van der Waals surface area (Å²) in [4.78, 5) is 2.09. The molecule has 1 aliphatic rings. The molecule has 0 unspecified atom stereocenters. The summed E-state index contributed by atoms with van der Waals surface area (Å²) in [5.74, 6) is 0.322. The van der Waals surface area contributed by atoms with Crippen LogP contribution in [-0.2, 0) is 0 Å². The second-order valence-electron chi connectivity index (χ2n) is 9.17. The van der Waals surface area contributed by atoms with Gasteiger partial charge in [-0.3, -0.25) is 0 Å². The van der Waals surface area contributed by atoms with Crippen LogP contribution in [0.25, 0.3) is 0 Å². The molecule has 0 aromatic heterocycles. The smallest absolute Gasteiger partial charge is 0.129 e. The van der Waals surface area contributed by atoms with Gasteiger partial charge in [0.15, 0.2) is 0 Å². The van der Waals surface area contributed by atoms with Gasteiger partial charge in [0.1, 0.15) is 11.6 Å². The van der Waals surface area contributed by atoms with Crippen molar-refractivity contribution in [1.29, 1.82) is 5.26 Å². The number of halogens is 1. The van der Waals surface area contributed by atoms with Gasteiger partial charge in [0.2, 0.25) is 0 Å². The Labute approximate surface area is 177 Å². The fourth-order valence-electron chi connectivity index (χ4n) is 4.03. The average molecular weight is 400 g/mol. The van der Waals surface area contributed by atoms with E-state index < -0.39 is 0 Å². The van der Waals surface area contributed by atoms with Gasteiger partial charge in [0.05, 0.1) is 17.3 Å². The lowest BCUT2D eigenvalue weighted by Gasteiger charge is -2.43. The Balaban J connectivity index is 0.00000204. The van der Waals surface area contributed by atoms with E-state index >= 15 is 0 Å². The van der Waals surface area contributed by atoms with Crippen LogP contribution in [0.5, 0.6) is 0 Å². The second kappa shape index (κ2) is 9.96. The number of benzene rings is 1. The van der Waals surface area contributed by atoms with Crippen LogP contribution in [0.2, 0.25) is 0 Å². The zero-order valence-electron chi connectivity index (χ0n) is 19.4. The first-order chi connectivity index (χ1) is 13.5. The quantitative estimate of drug-likeness (QED) is 0.550. The molecule has 29 heavy (non-hydrogen) atoms. The predicted molar refractivity (Wildman–Crippen MR) is 122 cm³/mol. The van der Waals surface area contributed by atoms with E-state index in [4.69, 9.17) is 0 Å². The zero-order valence-corrected chi connectivity index (χ0v) is 19.4. The van der Waals surface area contributed by atoms with Gasteiger partial charge in [-0.2, -0.15) is 5.26 Å². The Kier molecular flexibility index (Phi) is 8.50. The van der Waals surface area contributed by atoms with Crippen LogP contribution in [0.4, 0.5) is 10.1 Å². The molecule has 0 heterocycles. The number of nitrogens with one attached hydrogen (secondary N) is 1. The third-order valence-corrected chi connectivity index (χ3v) is 5.24. The third-order valence-electron chi connectivity index (χ3n) is 5.24. The summed E-state index contributed by atoms with van der Waals surface area (Å²) in [5, 5.41) is 12.7. The Bertz CT molecular complexity index is 774. The first kappa shape index (κ1) is 24.8. The fraction of sp³-hybridized carbons (Fsp3) is 0.560. The number of anilines is 1. The summed E-state index contributed by atoms with van der Waals surface area (Å²) in [6, 6.07) is 5.13. The Morgan fingerprint density at radius 1 is 1.24 bits per heavy atom. The van der Waals surface area contributed by atoms with Crippen LogP contribution in [0, 0.1) is 29.5 Å². The van der Waals surface area contributed by atoms with Crippen molar-refractivity contribution in [3.05, 3.63) is 53.8 Å². The maximum Gasteiger partial charge on any atom is 0.129 e. The Hall–Kier alpha value is -2.28. The van der Waals surface area contributed by atoms with E-state index in [2.05, 4.69) is 57.1 Å². The van der Waals surface area contributed by atoms with E-state index in [1.54, 1.807) is 13.0 Å². The molecule has 0 radical (unpaired) electrons. The van der Waals surface area contributed by atoms with Gasteiger partial charge in [0.25, 0.3) is 0 Å². The molecule has 0 aliphatic heterocycles. The largest absolute Gasteiger partial charge is 0.346 e. The second-order valence-corrected chi connectivity index (χ2v) is 9.17. The van der Waals surface area contributed by atoms with Crippen LogP contribution in [0.3, 0.4) is 0 Å². The summed E-state index contributed by atoms with van der Waals surface area (Å²) < 4.78 is 14.5. The molecule has 3 nitrogen and oxygen atoms in total. The minimum Gasteiger partial charge on any atom is -0.346 e. The van der Waals surface area contributed by atoms with Crippen molar-refractivity contribution >= 4 is 5.69 Å². The SMILES string of the molecule is C=C(CC(C)(C)C)NC(=C)N(c1cc(C#N)cc(F)c1C)C1(C)CCCC1.CC. The first-order valence-electron chi connectivity index (χ1n) is 10.6. The molecule has 1 aromatic rings. The molecule has 160 valence electrons. The molecule has 0 spiro atoms. The molecule has 1 aromatic carbocycles. The molecule has 0 amide bonds. The molecule has 1 saturated carbocycles. The fourth-order valence-corrected chi connectivity index (χ4v) is 4.03. The lowest BCUT2D eigenvalue weighted by molar-refractivity contribution is 0.398. The minimum atomic E-state index is -0.364. The van der Waals surface area contributed by atoms with E-state index in [9.17, 15) is 9.65 Å². The van der Waals surface area contributed by atoms with Crippen LogP contribution in [0.15, 0.2) is 36.8 Å². The lowest BCUT2D eigenvalue weighted by atomic mass is 9.91. The van der Waals surface area contributed by atoms with Gasteiger partial charge in [-0.1, -0.05) is 60.6 Å². The summed E-state index contributed by atoms with van der Waals surface area (Å²) in [7, 11) is 0. The monoisotopic (exact) mass is 399 g/mol. The van der Waals surface area contributed by atoms with E-state index in [-0.39, 0.29) is 16.8 Å². The number of hydrogen-bond acceptors (Lipinski definition) is 3. The van der Waals surface area contributed by atoms with Crippen LogP contribution < -0.4 is 10.2 Å². The van der Waals surface area contributed by atoms with Crippen molar-refractivity contribution in [3.8, 4) is 6.07 Å². The van der Waals surface area contributed by atoms with E-state index in [1.165, 1.54) is 6.07 Å². The molecule has 0 saturated heterocycles. The Morgan fingerprint density at radius 2 is 1.79 bits per heavy atom. The van der Waals surface area contributed by atoms with Crippen molar-refractivity contribution in [2.45, 2.75) is 86.1 Å². The van der Waals surface area contributed by atoms with Crippen LogP contribution in [0.1, 0.15) is 84.8 Å². The van der Waals surface area contributed by atoms with Gasteiger partial charge in [0, 0.05) is 16.8 Å². The predicted octanol–water partition coefficient (Wildman–Crippen LogP) is 7.18. The molecule has 1 fully saturated rings. The van der Waals surface area contributed by atoms with E-state index in [0.717, 1.165) is 37.8 Å². The van der Waals surface area contributed by atoms with Gasteiger partial charge in [-0.15, -0.1) is 0 Å². The summed E-state index contributed by atoms with van der Waals surface area (Å²) in [6.07, 6.45) is 5.06. The topological polar surface area (TPSA) is 39.1 Å². The lowest BCUT2D eigenvalue weighted by Crippen LogP contribution is -2.47. The standard InChI is InChI=1S/C23H32FN3.C2H6/c1-16(14-22(4,5)6)26-18(3)27(23(7)10-8-9-11-23)21-13-19(15-25)12-20(24)17(21)2;1-2/h12-13,26H,1,3,8-11,14H2,2,4-7H3;1-2H3. The first-order valence-corrected chi connectivity index (χ1v) is 10.6. The van der Waals surface area contributed by atoms with Crippen LogP contribution >= 0.6 is 0 Å². The summed E-state index contributed by atoms with van der Waals surface area (Å²) >= 11 is 0. The van der Waals surface area contributed by atoms with Crippen molar-refractivity contribution in [2.24, 2.45) is 5.41 Å². The van der Waals surface area contributed by atoms with E-state index in [0.29, 0.717) is 22.6 Å². The zero-order chi connectivity index (χ0) is 22.4. The van der Waals surface area contributed by atoms with Gasteiger partial charge in [-0.05, 0) is 50.7 Å². The maximum absolute atomic E-state index is 14.5. The highest BCUT2D eigenvalue weighted by Gasteiger charge is 2.38. The molecule has 1 aliphatic carbocycles. The number of nitrogens with zero attached hydrogens (tertiary/aromatic N) is 2. The van der Waals surface area contributed by atoms with Gasteiger partial charge < -0.3 is 10.2 Å². The summed E-state index contributed by atoms with van der Waals surface area (Å²) in [6.45, 7) is 22.9. The maximum atomic E-state index is 14.5. The van der Waals surface area contributed by atoms with Gasteiger partial charge in [-0.25, -0.2) is 4.39 Å². The van der Waals surface area contributed by atoms with Crippen molar-refractivity contribution in [2.75, 3.05) is 4.90 Å². The number of allylic oxidation sites excluding steroid dienone is 1. The van der Waals surface area contributed by atoms with E-state index in [1.807, 2.05) is 13.8 Å². The highest BCUT2D eigenvalue weighted by molar-refractivity contribution is 5.63. The van der Waals surface area contributed by atoms with Crippen molar-refractivity contribution < 1.29 is 4.39 Å². The number of hydrogen-bond donors (Lipinski definition) is 1. The van der Waals surface area contributed by atoms with Crippen molar-refractivity contribution in [1.82, 2.24) is 5.32 Å². The molecule has 0 atom stereocenters. The molecular weight excluding hydrogens is 361 g/mol. The Morgan fingerprint density at radius 3 is 2.28 bits per heavy atom. The molecule has 2 rings (SSSR count). The average Bonchev–Trinajstić information content (AvgIpc) is 3.05. The summed E-state index contributed by atoms with van der Waals surface area (Å²) in [5.41, 5.74) is 2.38. The molecule has 4 heteroatoms. The normalized spacial score (nSPS) is 15.0. The highest BCUT2D eigenvalue weighted by atomic mass is 19.1.